The molecule has 0 saturated carbocycles. The van der Waals surface area contributed by atoms with Crippen LogP contribution in [0.3, 0.4) is 0 Å². The maximum absolute atomic E-state index is 10.4. The van der Waals surface area contributed by atoms with E-state index in [9.17, 15) is 4.79 Å². The van der Waals surface area contributed by atoms with Gasteiger partial charge in [0.15, 0.2) is 11.0 Å². The van der Waals surface area contributed by atoms with Crippen molar-refractivity contribution < 1.29 is 9.90 Å². The smallest absolute Gasteiger partial charge is 0.313 e. The lowest BCUT2D eigenvalue weighted by Crippen LogP contribution is -2.00. The van der Waals surface area contributed by atoms with E-state index in [2.05, 4.69) is 17.0 Å². The SMILES string of the molecule is CCCCCc1nc(SCC(=O)O)n(C)n1. The highest BCUT2D eigenvalue weighted by atomic mass is 32.2. The van der Waals surface area contributed by atoms with Gasteiger partial charge in [-0.15, -0.1) is 0 Å². The Morgan fingerprint density at radius 3 is 2.88 bits per heavy atom. The molecule has 0 radical (unpaired) electrons. The predicted octanol–water partition coefficient (Wildman–Crippen LogP) is 1.72. The zero-order valence-corrected chi connectivity index (χ0v) is 10.5. The minimum absolute atomic E-state index is 0.0287. The predicted molar refractivity (Wildman–Crippen MR) is 62.6 cm³/mol. The minimum Gasteiger partial charge on any atom is -0.481 e. The van der Waals surface area contributed by atoms with Crippen LogP contribution in [0.5, 0.6) is 0 Å². The van der Waals surface area contributed by atoms with Crippen molar-refractivity contribution in [1.82, 2.24) is 14.8 Å². The van der Waals surface area contributed by atoms with Crippen molar-refractivity contribution in [2.45, 2.75) is 37.8 Å². The summed E-state index contributed by atoms with van der Waals surface area (Å²) in [7, 11) is 1.79. The Morgan fingerprint density at radius 1 is 1.50 bits per heavy atom. The highest BCUT2D eigenvalue weighted by Gasteiger charge is 2.09. The molecular formula is C10H17N3O2S. The fraction of sp³-hybridized carbons (Fsp3) is 0.700. The van der Waals surface area contributed by atoms with Crippen molar-refractivity contribution in [3.63, 3.8) is 0 Å². The Labute approximate surface area is 99.3 Å². The quantitative estimate of drug-likeness (QED) is 0.583. The molecule has 0 fully saturated rings. The van der Waals surface area contributed by atoms with Crippen molar-refractivity contribution in [3.8, 4) is 0 Å². The summed E-state index contributed by atoms with van der Waals surface area (Å²) in [5.41, 5.74) is 0. The van der Waals surface area contributed by atoms with Gasteiger partial charge in [-0.05, 0) is 6.42 Å². The molecule has 0 saturated heterocycles. The molecular weight excluding hydrogens is 226 g/mol. The lowest BCUT2D eigenvalue weighted by atomic mass is 10.2. The van der Waals surface area contributed by atoms with Gasteiger partial charge in [0.2, 0.25) is 0 Å². The van der Waals surface area contributed by atoms with E-state index in [1.54, 1.807) is 11.7 Å². The van der Waals surface area contributed by atoms with Crippen molar-refractivity contribution in [1.29, 1.82) is 0 Å². The zero-order chi connectivity index (χ0) is 12.0. The number of aryl methyl sites for hydroxylation is 2. The number of nitrogens with zero attached hydrogens (tertiary/aromatic N) is 3. The first-order valence-electron chi connectivity index (χ1n) is 5.38. The van der Waals surface area contributed by atoms with Gasteiger partial charge in [0, 0.05) is 13.5 Å². The van der Waals surface area contributed by atoms with Crippen LogP contribution in [-0.4, -0.2) is 31.6 Å². The highest BCUT2D eigenvalue weighted by Crippen LogP contribution is 2.15. The van der Waals surface area contributed by atoms with Crippen LogP contribution in [0.1, 0.15) is 32.0 Å². The Morgan fingerprint density at radius 2 is 2.25 bits per heavy atom. The molecule has 5 nitrogen and oxygen atoms in total. The molecule has 1 rings (SSSR count). The summed E-state index contributed by atoms with van der Waals surface area (Å²) in [5, 5.41) is 13.5. The average molecular weight is 243 g/mol. The Kier molecular flexibility index (Phi) is 5.31. The number of carboxylic acid groups (broad SMARTS) is 1. The van der Waals surface area contributed by atoms with E-state index in [4.69, 9.17) is 5.11 Å². The van der Waals surface area contributed by atoms with Gasteiger partial charge in [-0.2, -0.15) is 5.10 Å². The number of carbonyl (C=O) groups is 1. The second-order valence-electron chi connectivity index (χ2n) is 3.57. The second-order valence-corrected chi connectivity index (χ2v) is 4.52. The maximum Gasteiger partial charge on any atom is 0.313 e. The molecule has 0 aliphatic rings. The van der Waals surface area contributed by atoms with Crippen LogP contribution in [0.25, 0.3) is 0 Å². The maximum atomic E-state index is 10.4. The molecule has 0 unspecified atom stereocenters. The first-order valence-corrected chi connectivity index (χ1v) is 6.36. The fourth-order valence-electron chi connectivity index (χ4n) is 1.31. The van der Waals surface area contributed by atoms with Gasteiger partial charge < -0.3 is 5.11 Å². The van der Waals surface area contributed by atoms with E-state index in [0.717, 1.165) is 18.7 Å². The first-order chi connectivity index (χ1) is 7.63. The molecule has 0 aliphatic heterocycles. The fourth-order valence-corrected chi connectivity index (χ4v) is 1.96. The normalized spacial score (nSPS) is 10.6. The Hall–Kier alpha value is -1.04. The number of unbranched alkanes of at least 4 members (excludes halogenated alkanes) is 2. The van der Waals surface area contributed by atoms with E-state index in [-0.39, 0.29) is 5.75 Å². The van der Waals surface area contributed by atoms with Crippen LogP contribution in [0, 0.1) is 0 Å². The molecule has 0 aromatic carbocycles. The van der Waals surface area contributed by atoms with Gasteiger partial charge in [-0.25, -0.2) is 9.67 Å². The summed E-state index contributed by atoms with van der Waals surface area (Å²) in [6.07, 6.45) is 4.31. The van der Waals surface area contributed by atoms with Crippen LogP contribution < -0.4 is 0 Å². The van der Waals surface area contributed by atoms with Crippen molar-refractivity contribution in [2.75, 3.05) is 5.75 Å². The van der Waals surface area contributed by atoms with Crippen LogP contribution in [0.2, 0.25) is 0 Å². The van der Waals surface area contributed by atoms with Crippen molar-refractivity contribution in [3.05, 3.63) is 5.82 Å². The van der Waals surface area contributed by atoms with Crippen LogP contribution in [0.4, 0.5) is 0 Å². The molecule has 1 aromatic rings. The molecule has 0 spiro atoms. The average Bonchev–Trinajstić information content (AvgIpc) is 2.57. The Balaban J connectivity index is 2.49. The molecule has 1 N–H and O–H groups in total. The summed E-state index contributed by atoms with van der Waals surface area (Å²) in [5.74, 6) is 0.00497. The largest absolute Gasteiger partial charge is 0.481 e. The highest BCUT2D eigenvalue weighted by molar-refractivity contribution is 7.99. The number of aliphatic carboxylic acids is 1. The molecule has 0 aliphatic carbocycles. The van der Waals surface area contributed by atoms with E-state index in [1.807, 2.05) is 0 Å². The lowest BCUT2D eigenvalue weighted by Gasteiger charge is -1.94. The number of carboxylic acids is 1. The number of thioether (sulfide) groups is 1. The number of hydrogen-bond acceptors (Lipinski definition) is 4. The summed E-state index contributed by atoms with van der Waals surface area (Å²) in [6, 6.07) is 0. The molecule has 1 heterocycles. The molecule has 6 heteroatoms. The van der Waals surface area contributed by atoms with E-state index in [0.29, 0.717) is 5.16 Å². The standard InChI is InChI=1S/C10H17N3O2S/c1-3-4-5-6-8-11-10(13(2)12-8)16-7-9(14)15/h3-7H2,1-2H3,(H,14,15). The summed E-state index contributed by atoms with van der Waals surface area (Å²) < 4.78 is 1.65. The molecule has 90 valence electrons. The summed E-state index contributed by atoms with van der Waals surface area (Å²) in [6.45, 7) is 2.15. The van der Waals surface area contributed by atoms with Gasteiger partial charge in [0.05, 0.1) is 5.75 Å². The molecule has 0 bridgehead atoms. The molecule has 0 atom stereocenters. The Bertz CT molecular complexity index is 352. The summed E-state index contributed by atoms with van der Waals surface area (Å²) >= 11 is 1.20. The van der Waals surface area contributed by atoms with Crippen LogP contribution in [-0.2, 0) is 18.3 Å². The molecule has 0 amide bonds. The van der Waals surface area contributed by atoms with Crippen LogP contribution >= 0.6 is 11.8 Å². The number of hydrogen-bond donors (Lipinski definition) is 1. The minimum atomic E-state index is -0.833. The number of aromatic nitrogens is 3. The van der Waals surface area contributed by atoms with Crippen molar-refractivity contribution >= 4 is 17.7 Å². The van der Waals surface area contributed by atoms with Gasteiger partial charge in [0.1, 0.15) is 0 Å². The third kappa shape index (κ3) is 4.22. The lowest BCUT2D eigenvalue weighted by molar-refractivity contribution is -0.133. The van der Waals surface area contributed by atoms with E-state index >= 15 is 0 Å². The first kappa shape index (κ1) is 13.0. The molecule has 16 heavy (non-hydrogen) atoms. The molecule has 1 aromatic heterocycles. The van der Waals surface area contributed by atoms with Gasteiger partial charge in [-0.1, -0.05) is 31.5 Å². The monoisotopic (exact) mass is 243 g/mol. The topological polar surface area (TPSA) is 68.0 Å². The third-order valence-corrected chi connectivity index (χ3v) is 3.10. The van der Waals surface area contributed by atoms with Crippen LogP contribution in [0.15, 0.2) is 5.16 Å². The van der Waals surface area contributed by atoms with Gasteiger partial charge in [0.25, 0.3) is 0 Å². The van der Waals surface area contributed by atoms with Crippen molar-refractivity contribution in [2.24, 2.45) is 7.05 Å². The number of rotatable bonds is 7. The second kappa shape index (κ2) is 6.52. The third-order valence-electron chi connectivity index (χ3n) is 2.10. The zero-order valence-electron chi connectivity index (χ0n) is 9.64. The van der Waals surface area contributed by atoms with Gasteiger partial charge >= 0.3 is 5.97 Å². The summed E-state index contributed by atoms with van der Waals surface area (Å²) in [4.78, 5) is 14.7. The van der Waals surface area contributed by atoms with E-state index < -0.39 is 5.97 Å². The van der Waals surface area contributed by atoms with E-state index in [1.165, 1.54) is 24.6 Å². The van der Waals surface area contributed by atoms with Gasteiger partial charge in [-0.3, -0.25) is 4.79 Å².